The van der Waals surface area contributed by atoms with Crippen LogP contribution in [0.4, 0.5) is 0 Å². The van der Waals surface area contributed by atoms with Crippen LogP contribution in [0.25, 0.3) is 0 Å². The fourth-order valence-electron chi connectivity index (χ4n) is 0.898. The fraction of sp³-hybridized carbons (Fsp3) is 0.250. The van der Waals surface area contributed by atoms with Crippen molar-refractivity contribution in [2.75, 3.05) is 6.54 Å². The van der Waals surface area contributed by atoms with Crippen LogP contribution in [-0.4, -0.2) is 24.6 Å². The molecule has 1 N–H and O–H groups in total. The molecular weight excluding hydrogens is 270 g/mol. The molecular formula is C8H10BrNO3S. The van der Waals surface area contributed by atoms with E-state index in [1.165, 1.54) is 12.1 Å². The predicted molar refractivity (Wildman–Crippen MR) is 55.5 cm³/mol. The van der Waals surface area contributed by atoms with Gasteiger partial charge in [-0.05, 0) is 31.2 Å². The molecule has 0 aliphatic carbocycles. The number of halogens is 1. The smallest absolute Gasteiger partial charge is 0.264 e. The summed E-state index contributed by atoms with van der Waals surface area (Å²) < 4.78 is 24.2. The molecule has 0 aliphatic rings. The van der Waals surface area contributed by atoms with Crippen molar-refractivity contribution in [1.29, 1.82) is 0 Å². The first kappa shape index (κ1) is 11.6. The van der Waals surface area contributed by atoms with Crippen molar-refractivity contribution in [3.63, 3.8) is 0 Å². The molecule has 0 saturated heterocycles. The lowest BCUT2D eigenvalue weighted by Crippen LogP contribution is -2.27. The van der Waals surface area contributed by atoms with E-state index in [0.29, 0.717) is 4.47 Å². The van der Waals surface area contributed by atoms with Crippen molar-refractivity contribution >= 4 is 26.0 Å². The molecule has 0 saturated carbocycles. The molecule has 0 atom stereocenters. The number of hydrogen-bond acceptors (Lipinski definition) is 3. The summed E-state index contributed by atoms with van der Waals surface area (Å²) in [4.78, 5) is 0.0741. The maximum atomic E-state index is 11.5. The van der Waals surface area contributed by atoms with Gasteiger partial charge in [-0.25, -0.2) is 8.42 Å². The third-order valence-electron chi connectivity index (χ3n) is 1.66. The SMILES string of the molecule is CCN(O)S(=O)(=O)c1ccc(Br)cc1. The van der Waals surface area contributed by atoms with Crippen molar-refractivity contribution in [1.82, 2.24) is 4.47 Å². The maximum absolute atomic E-state index is 11.5. The summed E-state index contributed by atoms with van der Waals surface area (Å²) in [6.45, 7) is 1.58. The van der Waals surface area contributed by atoms with Gasteiger partial charge in [0.25, 0.3) is 10.0 Å². The highest BCUT2D eigenvalue weighted by Crippen LogP contribution is 2.17. The lowest BCUT2D eigenvalue weighted by Gasteiger charge is -2.12. The standard InChI is InChI=1S/C8H10BrNO3S/c1-2-10(11)14(12,13)8-5-3-7(9)4-6-8/h3-6,11H,2H2,1H3. The minimum atomic E-state index is -3.74. The minimum Gasteiger partial charge on any atom is -0.299 e. The molecule has 1 aromatic rings. The van der Waals surface area contributed by atoms with E-state index in [0.717, 1.165) is 4.47 Å². The molecule has 0 aromatic heterocycles. The molecule has 1 aromatic carbocycles. The number of benzene rings is 1. The van der Waals surface area contributed by atoms with E-state index in [2.05, 4.69) is 15.9 Å². The highest BCUT2D eigenvalue weighted by molar-refractivity contribution is 9.10. The van der Waals surface area contributed by atoms with Crippen molar-refractivity contribution in [2.45, 2.75) is 11.8 Å². The second kappa shape index (κ2) is 4.39. The number of nitrogens with zero attached hydrogens (tertiary/aromatic N) is 1. The predicted octanol–water partition coefficient (Wildman–Crippen LogP) is 1.85. The molecule has 0 heterocycles. The first-order chi connectivity index (χ1) is 6.48. The van der Waals surface area contributed by atoms with E-state index < -0.39 is 10.0 Å². The van der Waals surface area contributed by atoms with Crippen molar-refractivity contribution in [2.24, 2.45) is 0 Å². The summed E-state index contributed by atoms with van der Waals surface area (Å²) in [6, 6.07) is 6.07. The average molecular weight is 280 g/mol. The molecule has 0 radical (unpaired) electrons. The monoisotopic (exact) mass is 279 g/mol. The highest BCUT2D eigenvalue weighted by Gasteiger charge is 2.20. The molecule has 4 nitrogen and oxygen atoms in total. The zero-order valence-electron chi connectivity index (χ0n) is 7.51. The zero-order valence-corrected chi connectivity index (χ0v) is 9.92. The van der Waals surface area contributed by atoms with Crippen molar-refractivity contribution in [3.05, 3.63) is 28.7 Å². The normalized spacial score (nSPS) is 12.0. The van der Waals surface area contributed by atoms with Crippen LogP contribution in [0.2, 0.25) is 0 Å². The van der Waals surface area contributed by atoms with Gasteiger partial charge >= 0.3 is 0 Å². The third-order valence-corrected chi connectivity index (χ3v) is 3.87. The number of hydrogen-bond donors (Lipinski definition) is 1. The van der Waals surface area contributed by atoms with E-state index in [-0.39, 0.29) is 11.4 Å². The first-order valence-electron chi connectivity index (χ1n) is 3.95. The van der Waals surface area contributed by atoms with E-state index >= 15 is 0 Å². The first-order valence-corrected chi connectivity index (χ1v) is 6.19. The second-order valence-corrected chi connectivity index (χ2v) is 5.36. The molecule has 78 valence electrons. The summed E-state index contributed by atoms with van der Waals surface area (Å²) in [7, 11) is -3.74. The van der Waals surface area contributed by atoms with E-state index in [9.17, 15) is 8.42 Å². The Morgan fingerprint density at radius 2 is 1.86 bits per heavy atom. The summed E-state index contributed by atoms with van der Waals surface area (Å²) >= 11 is 3.20. The molecule has 0 unspecified atom stereocenters. The average Bonchev–Trinajstić information content (AvgIpc) is 2.17. The van der Waals surface area contributed by atoms with Gasteiger partial charge in [-0.1, -0.05) is 20.4 Å². The van der Waals surface area contributed by atoms with Crippen LogP contribution in [0.3, 0.4) is 0 Å². The minimum absolute atomic E-state index is 0.0262. The molecule has 0 spiro atoms. The van der Waals surface area contributed by atoms with Crippen LogP contribution >= 0.6 is 15.9 Å². The quantitative estimate of drug-likeness (QED) is 0.860. The Hall–Kier alpha value is -0.430. The molecule has 0 amide bonds. The lowest BCUT2D eigenvalue weighted by atomic mass is 10.4. The van der Waals surface area contributed by atoms with Gasteiger partial charge in [0.15, 0.2) is 0 Å². The van der Waals surface area contributed by atoms with Crippen molar-refractivity contribution in [3.8, 4) is 0 Å². The van der Waals surface area contributed by atoms with Gasteiger partial charge in [0.1, 0.15) is 0 Å². The van der Waals surface area contributed by atoms with Crippen LogP contribution in [0.5, 0.6) is 0 Å². The van der Waals surface area contributed by atoms with Gasteiger partial charge in [-0.2, -0.15) is 0 Å². The lowest BCUT2D eigenvalue weighted by molar-refractivity contribution is 0.00857. The molecule has 0 fully saturated rings. The van der Waals surface area contributed by atoms with Gasteiger partial charge in [-0.3, -0.25) is 5.21 Å². The fourth-order valence-corrected chi connectivity index (χ4v) is 2.23. The van der Waals surface area contributed by atoms with Gasteiger partial charge in [0.2, 0.25) is 0 Å². The second-order valence-electron chi connectivity index (χ2n) is 2.60. The van der Waals surface area contributed by atoms with E-state index in [4.69, 9.17) is 5.21 Å². The van der Waals surface area contributed by atoms with Crippen LogP contribution in [-0.2, 0) is 10.0 Å². The van der Waals surface area contributed by atoms with Crippen LogP contribution in [0.15, 0.2) is 33.6 Å². The Morgan fingerprint density at radius 1 is 1.36 bits per heavy atom. The van der Waals surface area contributed by atoms with Gasteiger partial charge in [0.05, 0.1) is 4.90 Å². The Kier molecular flexibility index (Phi) is 3.65. The summed E-state index contributed by atoms with van der Waals surface area (Å²) in [5.74, 6) is 0. The summed E-state index contributed by atoms with van der Waals surface area (Å²) in [5.41, 5.74) is 0. The van der Waals surface area contributed by atoms with Crippen LogP contribution in [0, 0.1) is 0 Å². The van der Waals surface area contributed by atoms with Gasteiger partial charge in [-0.15, -0.1) is 0 Å². The molecule has 1 rings (SSSR count). The number of sulfonamides is 1. The number of rotatable bonds is 3. The van der Waals surface area contributed by atoms with Gasteiger partial charge < -0.3 is 0 Å². The molecule has 0 bridgehead atoms. The van der Waals surface area contributed by atoms with Crippen LogP contribution < -0.4 is 0 Å². The third kappa shape index (κ3) is 2.33. The maximum Gasteiger partial charge on any atom is 0.264 e. The van der Waals surface area contributed by atoms with Gasteiger partial charge in [0, 0.05) is 11.0 Å². The molecule has 0 aliphatic heterocycles. The largest absolute Gasteiger partial charge is 0.299 e. The molecule has 6 heteroatoms. The Morgan fingerprint density at radius 3 is 2.29 bits per heavy atom. The molecule has 14 heavy (non-hydrogen) atoms. The summed E-state index contributed by atoms with van der Waals surface area (Å²) in [6.07, 6.45) is 0. The Balaban J connectivity index is 3.11. The zero-order chi connectivity index (χ0) is 10.8. The Bertz CT molecular complexity index is 401. The van der Waals surface area contributed by atoms with Crippen molar-refractivity contribution < 1.29 is 13.6 Å². The Labute approximate surface area is 91.3 Å². The van der Waals surface area contributed by atoms with E-state index in [1.807, 2.05) is 0 Å². The summed E-state index contributed by atoms with van der Waals surface area (Å²) in [5, 5.41) is 9.14. The van der Waals surface area contributed by atoms with Crippen LogP contribution in [0.1, 0.15) is 6.92 Å². The topological polar surface area (TPSA) is 57.6 Å². The van der Waals surface area contributed by atoms with E-state index in [1.54, 1.807) is 19.1 Å². The number of hydroxylamine groups is 1. The highest BCUT2D eigenvalue weighted by atomic mass is 79.9.